The number of aromatic nitrogens is 1. The van der Waals surface area contributed by atoms with Gasteiger partial charge in [-0.1, -0.05) is 17.4 Å². The molecule has 1 aromatic heterocycles. The number of carbonyl (C=O) groups is 2. The number of benzene rings is 1. The zero-order chi connectivity index (χ0) is 26.2. The van der Waals surface area contributed by atoms with Crippen LogP contribution >= 0.6 is 11.3 Å². The van der Waals surface area contributed by atoms with Crippen molar-refractivity contribution in [3.05, 3.63) is 24.4 Å². The average molecular weight is 524 g/mol. The lowest BCUT2D eigenvalue weighted by Gasteiger charge is -2.39. The summed E-state index contributed by atoms with van der Waals surface area (Å²) in [6.45, 7) is 13.2. The third-order valence-corrected chi connectivity index (χ3v) is 7.55. The number of rotatable bonds is 6. The van der Waals surface area contributed by atoms with Gasteiger partial charge in [-0.2, -0.15) is 0 Å². The fraction of sp³-hybridized carbons (Fsp3) is 0.522. The largest absolute Gasteiger partial charge is 0.444 e. The first-order valence-electron chi connectivity index (χ1n) is 11.2. The number of amides is 2. The van der Waals surface area contributed by atoms with Gasteiger partial charge in [-0.25, -0.2) is 22.9 Å². The topological polar surface area (TPSA) is 130 Å². The highest BCUT2D eigenvalue weighted by molar-refractivity contribution is 7.89. The minimum Gasteiger partial charge on any atom is -0.444 e. The summed E-state index contributed by atoms with van der Waals surface area (Å²) in [4.78, 5) is 30.7. The quantitative estimate of drug-likeness (QED) is 0.528. The molecule has 1 aliphatic rings. The van der Waals surface area contributed by atoms with E-state index in [9.17, 15) is 18.0 Å². The van der Waals surface area contributed by atoms with Crippen LogP contribution in [0.15, 0.2) is 29.3 Å². The Morgan fingerprint density at radius 3 is 2.37 bits per heavy atom. The molecule has 1 aliphatic heterocycles. The molecule has 12 heteroatoms. The van der Waals surface area contributed by atoms with Gasteiger partial charge in [0.05, 0.1) is 15.8 Å². The van der Waals surface area contributed by atoms with Gasteiger partial charge in [0.2, 0.25) is 15.9 Å². The van der Waals surface area contributed by atoms with E-state index in [1.165, 1.54) is 24.3 Å². The van der Waals surface area contributed by atoms with Gasteiger partial charge in [-0.3, -0.25) is 4.79 Å². The molecule has 10 nitrogen and oxygen atoms in total. The van der Waals surface area contributed by atoms with Crippen molar-refractivity contribution in [1.29, 1.82) is 0 Å². The lowest BCUT2D eigenvalue weighted by atomic mass is 10.1. The Kier molecular flexibility index (Phi) is 7.49. The third-order valence-electron chi connectivity index (χ3n) is 4.66. The number of nitrogens with one attached hydrogen (secondary N) is 3. The van der Waals surface area contributed by atoms with Crippen molar-refractivity contribution in [3.8, 4) is 10.4 Å². The number of carbonyl (C=O) groups excluding carboxylic acids is 2. The Labute approximate surface area is 210 Å². The molecular formula is C23H33N5O5S2. The predicted molar refractivity (Wildman–Crippen MR) is 137 cm³/mol. The second-order valence-corrected chi connectivity index (χ2v) is 13.2. The molecule has 0 atom stereocenters. The number of thiazole rings is 1. The lowest BCUT2D eigenvalue weighted by molar-refractivity contribution is -0.114. The molecule has 0 unspecified atom stereocenters. The van der Waals surface area contributed by atoms with Crippen LogP contribution in [0.25, 0.3) is 10.4 Å². The molecule has 3 rings (SSSR count). The molecular weight excluding hydrogens is 490 g/mol. The highest BCUT2D eigenvalue weighted by Crippen LogP contribution is 2.37. The van der Waals surface area contributed by atoms with Crippen molar-refractivity contribution in [1.82, 2.24) is 15.0 Å². The average Bonchev–Trinajstić information content (AvgIpc) is 3.09. The van der Waals surface area contributed by atoms with E-state index < -0.39 is 27.3 Å². The first kappa shape index (κ1) is 26.9. The molecule has 0 bridgehead atoms. The lowest BCUT2D eigenvalue weighted by Crippen LogP contribution is -2.60. The van der Waals surface area contributed by atoms with Crippen LogP contribution in [0.2, 0.25) is 0 Å². The van der Waals surface area contributed by atoms with Gasteiger partial charge < -0.3 is 20.3 Å². The van der Waals surface area contributed by atoms with E-state index in [1.807, 2.05) is 25.7 Å². The van der Waals surface area contributed by atoms with Crippen LogP contribution in [0.4, 0.5) is 15.6 Å². The molecule has 0 spiro atoms. The maximum Gasteiger partial charge on any atom is 0.407 e. The summed E-state index contributed by atoms with van der Waals surface area (Å²) in [6.07, 6.45) is 1.18. The van der Waals surface area contributed by atoms with Crippen LogP contribution in [0.5, 0.6) is 0 Å². The Balaban J connectivity index is 1.81. The molecule has 1 fully saturated rings. The highest BCUT2D eigenvalue weighted by atomic mass is 32.2. The Morgan fingerprint density at radius 2 is 1.80 bits per heavy atom. The fourth-order valence-electron chi connectivity index (χ4n) is 3.42. The third kappa shape index (κ3) is 7.39. The number of sulfonamides is 1. The summed E-state index contributed by atoms with van der Waals surface area (Å²) in [5.74, 6) is -0.294. The summed E-state index contributed by atoms with van der Waals surface area (Å²) in [5.41, 5.74) is -0.373. The summed E-state index contributed by atoms with van der Waals surface area (Å²) in [5, 5.41) is 6.20. The molecule has 2 aromatic rings. The van der Waals surface area contributed by atoms with E-state index in [-0.39, 0.29) is 16.8 Å². The molecule has 192 valence electrons. The van der Waals surface area contributed by atoms with E-state index >= 15 is 0 Å². The van der Waals surface area contributed by atoms with Gasteiger partial charge in [0, 0.05) is 43.0 Å². The van der Waals surface area contributed by atoms with Crippen molar-refractivity contribution < 1.29 is 22.7 Å². The fourth-order valence-corrected chi connectivity index (χ4v) is 6.13. The normalized spacial score (nSPS) is 14.9. The maximum absolute atomic E-state index is 13.2. The van der Waals surface area contributed by atoms with Crippen molar-refractivity contribution in [3.63, 3.8) is 0 Å². The van der Waals surface area contributed by atoms with Crippen LogP contribution < -0.4 is 20.3 Å². The Morgan fingerprint density at radius 1 is 1.14 bits per heavy atom. The minimum absolute atomic E-state index is 0.0546. The second-order valence-electron chi connectivity index (χ2n) is 10.5. The molecule has 1 saturated heterocycles. The summed E-state index contributed by atoms with van der Waals surface area (Å²) in [7, 11) is -3.89. The predicted octanol–water partition coefficient (Wildman–Crippen LogP) is 3.56. The zero-order valence-electron chi connectivity index (χ0n) is 21.1. The summed E-state index contributed by atoms with van der Waals surface area (Å²) < 4.78 is 34.4. The molecule has 3 N–H and O–H groups in total. The van der Waals surface area contributed by atoms with Crippen LogP contribution in [0.1, 0.15) is 48.5 Å². The van der Waals surface area contributed by atoms with Crippen molar-refractivity contribution in [2.24, 2.45) is 0 Å². The number of ether oxygens (including phenoxy) is 1. The van der Waals surface area contributed by atoms with Crippen molar-refractivity contribution in [2.75, 3.05) is 23.3 Å². The summed E-state index contributed by atoms with van der Waals surface area (Å²) >= 11 is 1.36. The number of nitrogens with zero attached hydrogens (tertiary/aromatic N) is 2. The highest BCUT2D eigenvalue weighted by Gasteiger charge is 2.32. The van der Waals surface area contributed by atoms with E-state index in [1.54, 1.807) is 39.1 Å². The Bertz CT molecular complexity index is 1210. The molecule has 0 aliphatic carbocycles. The molecule has 35 heavy (non-hydrogen) atoms. The SMILES string of the molecule is CC(=O)Nc1ccc(-c2cnc(N3CC(NC(=O)OC(C)(C)C)C3)s2)c(S(=O)(=O)NC(C)(C)C)c1. The van der Waals surface area contributed by atoms with Gasteiger partial charge in [0.15, 0.2) is 5.13 Å². The molecule has 1 aromatic carbocycles. The zero-order valence-corrected chi connectivity index (χ0v) is 22.7. The molecule has 0 saturated carbocycles. The van der Waals surface area contributed by atoms with E-state index in [4.69, 9.17) is 4.74 Å². The smallest absolute Gasteiger partial charge is 0.407 e. The van der Waals surface area contributed by atoms with Gasteiger partial charge in [-0.05, 0) is 53.7 Å². The minimum atomic E-state index is -3.89. The number of alkyl carbamates (subject to hydrolysis) is 1. The van der Waals surface area contributed by atoms with Crippen LogP contribution in [0.3, 0.4) is 0 Å². The number of hydrogen-bond donors (Lipinski definition) is 3. The second kappa shape index (κ2) is 9.75. The Hall–Kier alpha value is -2.70. The van der Waals surface area contributed by atoms with E-state index in [0.717, 1.165) is 5.13 Å². The maximum atomic E-state index is 13.2. The van der Waals surface area contributed by atoms with Gasteiger partial charge >= 0.3 is 6.09 Å². The summed E-state index contributed by atoms with van der Waals surface area (Å²) in [6, 6.07) is 4.73. The van der Waals surface area contributed by atoms with Gasteiger partial charge in [-0.15, -0.1) is 0 Å². The van der Waals surface area contributed by atoms with E-state index in [0.29, 0.717) is 29.2 Å². The first-order valence-corrected chi connectivity index (χ1v) is 13.5. The van der Waals surface area contributed by atoms with Gasteiger partial charge in [0.1, 0.15) is 5.60 Å². The molecule has 2 amide bonds. The van der Waals surface area contributed by atoms with Gasteiger partial charge in [0.25, 0.3) is 0 Å². The number of anilines is 2. The van der Waals surface area contributed by atoms with Crippen LogP contribution in [-0.4, -0.2) is 55.7 Å². The van der Waals surface area contributed by atoms with E-state index in [2.05, 4.69) is 20.3 Å². The first-order chi connectivity index (χ1) is 16.0. The van der Waals surface area contributed by atoms with Crippen LogP contribution in [-0.2, 0) is 19.6 Å². The molecule has 2 heterocycles. The number of hydrogen-bond acceptors (Lipinski definition) is 8. The molecule has 0 radical (unpaired) electrons. The van der Waals surface area contributed by atoms with Crippen molar-refractivity contribution in [2.45, 2.75) is 70.5 Å². The monoisotopic (exact) mass is 523 g/mol. The van der Waals surface area contributed by atoms with Crippen molar-refractivity contribution >= 4 is 44.2 Å². The van der Waals surface area contributed by atoms with Crippen LogP contribution in [0, 0.1) is 0 Å². The standard InChI is InChI=1S/C23H33N5O5S2/c1-14(29)25-15-8-9-17(19(10-15)35(31,32)27-22(2,3)4)18-11-24-20(34-18)28-12-16(13-28)26-21(30)33-23(5,6)7/h8-11,16,27H,12-13H2,1-7H3,(H,25,29)(H,26,30).